The largest absolute Gasteiger partial charge is 0.496 e. The van der Waals surface area contributed by atoms with E-state index in [1.807, 2.05) is 42.5 Å². The Balaban J connectivity index is 1.62. The zero-order chi connectivity index (χ0) is 22.0. The third kappa shape index (κ3) is 4.37. The minimum atomic E-state index is -0.615. The van der Waals surface area contributed by atoms with Crippen LogP contribution in [0.5, 0.6) is 5.75 Å². The topological polar surface area (TPSA) is 63.0 Å². The number of methoxy groups -OCH3 is 1. The van der Waals surface area contributed by atoms with Crippen molar-refractivity contribution in [3.8, 4) is 5.75 Å². The molecule has 1 atom stereocenters. The first-order valence-corrected chi connectivity index (χ1v) is 10.8. The second-order valence-corrected chi connectivity index (χ2v) is 8.47. The lowest BCUT2D eigenvalue weighted by atomic mass is 9.93. The van der Waals surface area contributed by atoms with Crippen LogP contribution in [0.25, 0.3) is 0 Å². The highest BCUT2D eigenvalue weighted by molar-refractivity contribution is 9.10. The molecule has 160 valence electrons. The number of hydrogen-bond donors (Lipinski definition) is 0. The molecule has 0 saturated heterocycles. The van der Waals surface area contributed by atoms with E-state index in [4.69, 9.17) is 9.15 Å². The fourth-order valence-electron chi connectivity index (χ4n) is 3.96. The lowest BCUT2D eigenvalue weighted by molar-refractivity contribution is -0.135. The molecular formula is C24H23BrN2O4. The summed E-state index contributed by atoms with van der Waals surface area (Å²) in [5, 5.41) is 0. The van der Waals surface area contributed by atoms with Crippen LogP contribution in [0.3, 0.4) is 0 Å². The maximum absolute atomic E-state index is 13.5. The normalized spacial score (nSPS) is 15.3. The highest BCUT2D eigenvalue weighted by Crippen LogP contribution is 2.28. The summed E-state index contributed by atoms with van der Waals surface area (Å²) < 4.78 is 11.7. The number of nitrogens with zero attached hydrogens (tertiary/aromatic N) is 2. The molecular weight excluding hydrogens is 460 g/mol. The predicted octanol–water partition coefficient (Wildman–Crippen LogP) is 4.28. The molecule has 1 aliphatic heterocycles. The molecule has 7 heteroatoms. The molecule has 0 bridgehead atoms. The molecule has 0 spiro atoms. The Labute approximate surface area is 189 Å². The van der Waals surface area contributed by atoms with Crippen molar-refractivity contribution in [2.45, 2.75) is 25.6 Å². The standard InChI is InChI=1S/C24H23BrN2O4/c1-26(14-18-12-19(25)9-10-21(18)30-2)23(28)20-13-16-6-3-4-7-17(16)15-27(20)24(29)22-8-5-11-31-22/h3-12,20H,13-15H2,1-2H3. The molecule has 0 saturated carbocycles. The van der Waals surface area contributed by atoms with E-state index in [0.717, 1.165) is 21.2 Å². The Morgan fingerprint density at radius 1 is 1.16 bits per heavy atom. The lowest BCUT2D eigenvalue weighted by Gasteiger charge is -2.37. The van der Waals surface area contributed by atoms with Crippen molar-refractivity contribution in [2.75, 3.05) is 14.2 Å². The quantitative estimate of drug-likeness (QED) is 0.544. The second-order valence-electron chi connectivity index (χ2n) is 7.55. The van der Waals surface area contributed by atoms with Gasteiger partial charge in [-0.1, -0.05) is 40.2 Å². The van der Waals surface area contributed by atoms with Gasteiger partial charge in [-0.2, -0.15) is 0 Å². The number of rotatable bonds is 5. The van der Waals surface area contributed by atoms with Crippen molar-refractivity contribution in [3.05, 3.63) is 87.8 Å². The maximum Gasteiger partial charge on any atom is 0.290 e. The first-order chi connectivity index (χ1) is 15.0. The predicted molar refractivity (Wildman–Crippen MR) is 120 cm³/mol. The van der Waals surface area contributed by atoms with Crippen molar-refractivity contribution in [1.82, 2.24) is 9.80 Å². The van der Waals surface area contributed by atoms with E-state index in [1.54, 1.807) is 36.1 Å². The Kier molecular flexibility index (Phi) is 6.13. The van der Waals surface area contributed by atoms with E-state index in [-0.39, 0.29) is 17.6 Å². The van der Waals surface area contributed by atoms with Crippen LogP contribution in [-0.4, -0.2) is 41.8 Å². The summed E-state index contributed by atoms with van der Waals surface area (Å²) >= 11 is 3.48. The summed E-state index contributed by atoms with van der Waals surface area (Å²) in [6.07, 6.45) is 1.93. The van der Waals surface area contributed by atoms with Crippen LogP contribution < -0.4 is 4.74 Å². The molecule has 2 heterocycles. The van der Waals surface area contributed by atoms with E-state index in [2.05, 4.69) is 15.9 Å². The Hall–Kier alpha value is -3.06. The first-order valence-electron chi connectivity index (χ1n) is 9.96. The smallest absolute Gasteiger partial charge is 0.290 e. The van der Waals surface area contributed by atoms with Gasteiger partial charge in [-0.25, -0.2) is 0 Å². The van der Waals surface area contributed by atoms with E-state index >= 15 is 0 Å². The van der Waals surface area contributed by atoms with Crippen LogP contribution in [0.15, 0.2) is 69.8 Å². The number of halogens is 1. The second kappa shape index (κ2) is 8.98. The van der Waals surface area contributed by atoms with Gasteiger partial charge in [0.15, 0.2) is 5.76 Å². The van der Waals surface area contributed by atoms with Crippen LogP contribution >= 0.6 is 15.9 Å². The lowest BCUT2D eigenvalue weighted by Crippen LogP contribution is -2.52. The summed E-state index contributed by atoms with van der Waals surface area (Å²) in [5.41, 5.74) is 3.01. The van der Waals surface area contributed by atoms with E-state index in [9.17, 15) is 9.59 Å². The van der Waals surface area contributed by atoms with Crippen LogP contribution in [0.1, 0.15) is 27.2 Å². The summed E-state index contributed by atoms with van der Waals surface area (Å²) in [5.74, 6) is 0.525. The zero-order valence-corrected chi connectivity index (χ0v) is 19.0. The number of carbonyl (C=O) groups excluding carboxylic acids is 2. The number of hydrogen-bond acceptors (Lipinski definition) is 4. The number of amides is 2. The monoisotopic (exact) mass is 482 g/mol. The van der Waals surface area contributed by atoms with Gasteiger partial charge in [0.05, 0.1) is 13.4 Å². The minimum Gasteiger partial charge on any atom is -0.496 e. The molecule has 1 unspecified atom stereocenters. The molecule has 3 aromatic rings. The van der Waals surface area contributed by atoms with Crippen molar-refractivity contribution >= 4 is 27.7 Å². The van der Waals surface area contributed by atoms with Crippen molar-refractivity contribution < 1.29 is 18.7 Å². The molecule has 0 radical (unpaired) electrons. The third-order valence-electron chi connectivity index (χ3n) is 5.55. The molecule has 6 nitrogen and oxygen atoms in total. The van der Waals surface area contributed by atoms with Crippen molar-refractivity contribution in [2.24, 2.45) is 0 Å². The van der Waals surface area contributed by atoms with Crippen LogP contribution in [0.2, 0.25) is 0 Å². The summed E-state index contributed by atoms with van der Waals surface area (Å²) in [7, 11) is 3.36. The van der Waals surface area contributed by atoms with Gasteiger partial charge in [0.25, 0.3) is 5.91 Å². The SMILES string of the molecule is COc1ccc(Br)cc1CN(C)C(=O)C1Cc2ccccc2CN1C(=O)c1ccco1. The number of furan rings is 1. The van der Waals surface area contributed by atoms with Gasteiger partial charge in [0.1, 0.15) is 11.8 Å². The first kappa shape index (κ1) is 21.2. The fraction of sp³-hybridized carbons (Fsp3) is 0.250. The van der Waals surface area contributed by atoms with Gasteiger partial charge >= 0.3 is 0 Å². The average molecular weight is 483 g/mol. The summed E-state index contributed by atoms with van der Waals surface area (Å²) in [6.45, 7) is 0.725. The van der Waals surface area contributed by atoms with Crippen molar-refractivity contribution in [3.63, 3.8) is 0 Å². The molecule has 2 amide bonds. The van der Waals surface area contributed by atoms with Gasteiger partial charge in [0.2, 0.25) is 5.91 Å². The number of fused-ring (bicyclic) bond motifs is 1. The fourth-order valence-corrected chi connectivity index (χ4v) is 4.37. The minimum absolute atomic E-state index is 0.128. The van der Waals surface area contributed by atoms with E-state index in [1.165, 1.54) is 6.26 Å². The van der Waals surface area contributed by atoms with Crippen LogP contribution in [-0.2, 0) is 24.3 Å². The number of ether oxygens (including phenoxy) is 1. The third-order valence-corrected chi connectivity index (χ3v) is 6.05. The Morgan fingerprint density at radius 3 is 2.65 bits per heavy atom. The summed E-state index contributed by atoms with van der Waals surface area (Å²) in [6, 6.07) is 16.3. The molecule has 4 rings (SSSR count). The molecule has 0 aliphatic carbocycles. The highest BCUT2D eigenvalue weighted by Gasteiger charge is 2.37. The Morgan fingerprint density at radius 2 is 1.94 bits per heavy atom. The van der Waals surface area contributed by atoms with E-state index < -0.39 is 6.04 Å². The summed E-state index contributed by atoms with van der Waals surface area (Å²) in [4.78, 5) is 29.9. The van der Waals surface area contributed by atoms with Gasteiger partial charge < -0.3 is 19.0 Å². The van der Waals surface area contributed by atoms with Gasteiger partial charge in [-0.15, -0.1) is 0 Å². The molecule has 1 aliphatic rings. The number of benzene rings is 2. The van der Waals surface area contributed by atoms with Crippen LogP contribution in [0.4, 0.5) is 0 Å². The van der Waals surface area contributed by atoms with Crippen LogP contribution in [0, 0.1) is 0 Å². The molecule has 0 fully saturated rings. The van der Waals surface area contributed by atoms with Gasteiger partial charge in [-0.3, -0.25) is 9.59 Å². The highest BCUT2D eigenvalue weighted by atomic mass is 79.9. The average Bonchev–Trinajstić information content (AvgIpc) is 3.32. The van der Waals surface area contributed by atoms with E-state index in [0.29, 0.717) is 25.3 Å². The zero-order valence-electron chi connectivity index (χ0n) is 17.4. The number of carbonyl (C=O) groups is 2. The molecule has 1 aromatic heterocycles. The maximum atomic E-state index is 13.5. The number of likely N-dealkylation sites (N-methyl/N-ethyl adjacent to an activating group) is 1. The van der Waals surface area contributed by atoms with Crippen molar-refractivity contribution in [1.29, 1.82) is 0 Å². The van der Waals surface area contributed by atoms with Gasteiger partial charge in [-0.05, 0) is 41.5 Å². The Bertz CT molecular complexity index is 1100. The molecule has 0 N–H and O–H groups in total. The molecule has 2 aromatic carbocycles. The molecule has 31 heavy (non-hydrogen) atoms. The van der Waals surface area contributed by atoms with Gasteiger partial charge in [0, 0.05) is 36.6 Å².